The van der Waals surface area contributed by atoms with Gasteiger partial charge in [-0.3, -0.25) is 14.4 Å². The first-order valence-electron chi connectivity index (χ1n) is 13.2. The molecule has 1 atom stereocenters. The number of carbonyl (C=O) groups is 2. The molecule has 1 unspecified atom stereocenters. The number of amides is 2. The smallest absolute Gasteiger partial charge is 0.410 e. The molecule has 4 aromatic rings. The monoisotopic (exact) mass is 543 g/mol. The number of aromatic amines is 1. The van der Waals surface area contributed by atoms with E-state index >= 15 is 0 Å². The average Bonchev–Trinajstić information content (AvgIpc) is 3.59. The molecule has 1 aliphatic heterocycles. The molecule has 1 aliphatic rings. The average molecular weight is 544 g/mol. The van der Waals surface area contributed by atoms with Gasteiger partial charge in [0.2, 0.25) is 5.82 Å². The lowest BCUT2D eigenvalue weighted by Crippen LogP contribution is -2.53. The second-order valence-electron chi connectivity index (χ2n) is 10.9. The highest BCUT2D eigenvalue weighted by molar-refractivity contribution is 6.06. The Bertz CT molecular complexity index is 1490. The molecule has 40 heavy (non-hydrogen) atoms. The molecule has 0 bridgehead atoms. The molecular weight excluding hydrogens is 510 g/mol. The highest BCUT2D eigenvalue weighted by Crippen LogP contribution is 2.31. The van der Waals surface area contributed by atoms with Crippen LogP contribution in [-0.4, -0.2) is 77.0 Å². The number of tetrazole rings is 1. The molecule has 0 saturated carbocycles. The van der Waals surface area contributed by atoms with Crippen molar-refractivity contribution in [3.05, 3.63) is 59.9 Å². The molecule has 3 aromatic heterocycles. The van der Waals surface area contributed by atoms with E-state index in [2.05, 4.69) is 30.7 Å². The van der Waals surface area contributed by atoms with E-state index in [4.69, 9.17) is 4.74 Å². The van der Waals surface area contributed by atoms with Crippen molar-refractivity contribution in [1.82, 2.24) is 40.3 Å². The summed E-state index contributed by atoms with van der Waals surface area (Å²) in [6.45, 7) is 8.41. The second kappa shape index (κ2) is 10.9. The van der Waals surface area contributed by atoms with Gasteiger partial charge in [0.15, 0.2) is 0 Å². The largest absolute Gasteiger partial charge is 0.444 e. The molecule has 12 nitrogen and oxygen atoms in total. The Balaban J connectivity index is 1.45. The molecule has 5 rings (SSSR count). The van der Waals surface area contributed by atoms with Crippen molar-refractivity contribution >= 4 is 17.8 Å². The number of ether oxygens (including phenoxy) is 1. The van der Waals surface area contributed by atoms with Crippen LogP contribution >= 0.6 is 0 Å². The Morgan fingerprint density at radius 1 is 1.15 bits per heavy atom. The summed E-state index contributed by atoms with van der Waals surface area (Å²) in [6, 6.07) is 10.9. The van der Waals surface area contributed by atoms with Crippen molar-refractivity contribution in [3.63, 3.8) is 0 Å². The van der Waals surface area contributed by atoms with Crippen LogP contribution in [-0.2, 0) is 11.8 Å². The normalized spacial score (nSPS) is 15.6. The first kappa shape index (κ1) is 27.0. The predicted octanol–water partition coefficient (Wildman–Crippen LogP) is 4.02. The quantitative estimate of drug-likeness (QED) is 0.399. The minimum atomic E-state index is -0.600. The highest BCUT2D eigenvalue weighted by atomic mass is 16.6. The summed E-state index contributed by atoms with van der Waals surface area (Å²) in [6.07, 6.45) is 4.53. The number of piperidine rings is 1. The molecule has 4 heterocycles. The first-order chi connectivity index (χ1) is 19.1. The Morgan fingerprint density at radius 3 is 2.60 bits per heavy atom. The van der Waals surface area contributed by atoms with Crippen molar-refractivity contribution in [1.29, 1.82) is 0 Å². The van der Waals surface area contributed by atoms with Gasteiger partial charge in [-0.2, -0.15) is 10.3 Å². The van der Waals surface area contributed by atoms with Crippen molar-refractivity contribution < 1.29 is 14.3 Å². The van der Waals surface area contributed by atoms with Gasteiger partial charge >= 0.3 is 6.09 Å². The van der Waals surface area contributed by atoms with Crippen molar-refractivity contribution in [2.45, 2.75) is 52.2 Å². The number of pyridine rings is 1. The number of anilines is 1. The van der Waals surface area contributed by atoms with Gasteiger partial charge < -0.3 is 9.64 Å². The van der Waals surface area contributed by atoms with E-state index in [1.165, 1.54) is 0 Å². The molecule has 0 radical (unpaired) electrons. The molecular formula is C28H33N9O3. The maximum atomic E-state index is 14.1. The van der Waals surface area contributed by atoms with Gasteiger partial charge in [0.05, 0.1) is 12.2 Å². The van der Waals surface area contributed by atoms with E-state index < -0.39 is 5.60 Å². The SMILES string of the molecule is Cc1cccnc1N(C(=O)c1ccc(-c2cnn(C)c2-c2nn[nH]n2)cc1)C1CCCN(C(=O)OC(C)(C)C)C1. The number of aromatic nitrogens is 7. The summed E-state index contributed by atoms with van der Waals surface area (Å²) in [5.41, 5.74) is 3.18. The number of H-pyrrole nitrogens is 1. The Hall–Kier alpha value is -4.61. The van der Waals surface area contributed by atoms with Crippen LogP contribution in [0, 0.1) is 6.92 Å². The van der Waals surface area contributed by atoms with Crippen LogP contribution in [0.15, 0.2) is 48.8 Å². The van der Waals surface area contributed by atoms with E-state index in [1.807, 2.05) is 59.0 Å². The summed E-state index contributed by atoms with van der Waals surface area (Å²) in [5.74, 6) is 0.826. The number of hydrogen-bond donors (Lipinski definition) is 1. The Kier molecular flexibility index (Phi) is 7.33. The van der Waals surface area contributed by atoms with Gasteiger partial charge in [-0.25, -0.2) is 9.78 Å². The summed E-state index contributed by atoms with van der Waals surface area (Å²) in [7, 11) is 1.81. The van der Waals surface area contributed by atoms with Crippen molar-refractivity contribution in [2.75, 3.05) is 18.0 Å². The van der Waals surface area contributed by atoms with E-state index in [-0.39, 0.29) is 18.0 Å². The number of hydrogen-bond acceptors (Lipinski definition) is 8. The third-order valence-corrected chi connectivity index (χ3v) is 6.78. The zero-order valence-electron chi connectivity index (χ0n) is 23.3. The van der Waals surface area contributed by atoms with Crippen LogP contribution in [0.3, 0.4) is 0 Å². The summed E-state index contributed by atoms with van der Waals surface area (Å²) >= 11 is 0. The van der Waals surface area contributed by atoms with E-state index in [0.717, 1.165) is 29.5 Å². The summed E-state index contributed by atoms with van der Waals surface area (Å²) in [5, 5.41) is 18.7. The summed E-state index contributed by atoms with van der Waals surface area (Å²) in [4.78, 5) is 35.0. The predicted molar refractivity (Wildman–Crippen MR) is 148 cm³/mol. The van der Waals surface area contributed by atoms with Gasteiger partial charge in [0, 0.05) is 37.5 Å². The molecule has 0 spiro atoms. The number of benzene rings is 1. The van der Waals surface area contributed by atoms with Crippen LogP contribution in [0.4, 0.5) is 10.6 Å². The molecule has 208 valence electrons. The number of carbonyl (C=O) groups excluding carboxylic acids is 2. The number of nitrogens with zero attached hydrogens (tertiary/aromatic N) is 8. The second-order valence-corrected chi connectivity index (χ2v) is 10.9. The zero-order valence-corrected chi connectivity index (χ0v) is 23.3. The van der Waals surface area contributed by atoms with Crippen molar-refractivity contribution in [3.8, 4) is 22.6 Å². The number of nitrogens with one attached hydrogen (secondary N) is 1. The Morgan fingerprint density at radius 2 is 1.93 bits per heavy atom. The van der Waals surface area contributed by atoms with Gasteiger partial charge in [0.1, 0.15) is 17.1 Å². The lowest BCUT2D eigenvalue weighted by Gasteiger charge is -2.39. The van der Waals surface area contributed by atoms with Crippen LogP contribution in [0.1, 0.15) is 49.5 Å². The maximum absolute atomic E-state index is 14.1. The number of rotatable bonds is 5. The van der Waals surface area contributed by atoms with Crippen LogP contribution in [0.25, 0.3) is 22.6 Å². The minimum Gasteiger partial charge on any atom is -0.444 e. The fourth-order valence-electron chi connectivity index (χ4n) is 4.93. The fourth-order valence-corrected chi connectivity index (χ4v) is 4.93. The Labute approximate surface area is 232 Å². The van der Waals surface area contributed by atoms with Crippen molar-refractivity contribution in [2.24, 2.45) is 7.05 Å². The summed E-state index contributed by atoms with van der Waals surface area (Å²) < 4.78 is 7.30. The third-order valence-electron chi connectivity index (χ3n) is 6.78. The van der Waals surface area contributed by atoms with Crippen LogP contribution in [0.5, 0.6) is 0 Å². The molecule has 0 aliphatic carbocycles. The standard InChI is InChI=1S/C28H33N9O3/c1-18-8-6-14-29-25(18)37(21-9-7-15-36(17-21)27(39)40-28(2,3)4)26(38)20-12-10-19(11-13-20)22-16-30-35(5)23(22)24-31-33-34-32-24/h6,8,10-14,16,21H,7,9,15,17H2,1-5H3,(H,31,32,33,34). The lowest BCUT2D eigenvalue weighted by atomic mass is 10.0. The van der Waals surface area contributed by atoms with Gasteiger partial charge in [0.25, 0.3) is 5.91 Å². The number of aryl methyl sites for hydroxylation is 2. The van der Waals surface area contributed by atoms with E-state index in [9.17, 15) is 9.59 Å². The van der Waals surface area contributed by atoms with E-state index in [0.29, 0.717) is 36.0 Å². The molecule has 2 amide bonds. The molecule has 1 N–H and O–H groups in total. The van der Waals surface area contributed by atoms with Crippen LogP contribution in [0.2, 0.25) is 0 Å². The molecule has 1 saturated heterocycles. The molecule has 1 aromatic carbocycles. The maximum Gasteiger partial charge on any atom is 0.410 e. The fraction of sp³-hybridized carbons (Fsp3) is 0.393. The minimum absolute atomic E-state index is 0.186. The lowest BCUT2D eigenvalue weighted by molar-refractivity contribution is 0.0196. The zero-order chi connectivity index (χ0) is 28.4. The van der Waals surface area contributed by atoms with E-state index in [1.54, 1.807) is 39.0 Å². The molecule has 1 fully saturated rings. The number of likely N-dealkylation sites (tertiary alicyclic amines) is 1. The van der Waals surface area contributed by atoms with Gasteiger partial charge in [-0.15, -0.1) is 10.2 Å². The van der Waals surface area contributed by atoms with Gasteiger partial charge in [-0.1, -0.05) is 18.2 Å². The first-order valence-corrected chi connectivity index (χ1v) is 13.2. The topological polar surface area (TPSA) is 135 Å². The highest BCUT2D eigenvalue weighted by Gasteiger charge is 2.35. The third kappa shape index (κ3) is 5.56. The van der Waals surface area contributed by atoms with Crippen LogP contribution < -0.4 is 4.90 Å². The molecule has 12 heteroatoms. The van der Waals surface area contributed by atoms with Gasteiger partial charge in [-0.05, 0) is 75.1 Å².